The summed E-state index contributed by atoms with van der Waals surface area (Å²) >= 11 is 0. The molecule has 4 heteroatoms. The molecule has 2 fully saturated rings. The zero-order chi connectivity index (χ0) is 12.3. The highest BCUT2D eigenvalue weighted by atomic mass is 16.2. The standard InChI is InChI=1S/C13H23N3O/c1-3-6-15-7-9-16(10-8-15)13(17)12-11(2)4-5-14-12/h3,11-12,14H,1,4-10H2,2H3. The van der Waals surface area contributed by atoms with Crippen LogP contribution in [-0.2, 0) is 4.79 Å². The molecule has 0 saturated carbocycles. The second-order valence-electron chi connectivity index (χ2n) is 5.11. The Hall–Kier alpha value is -0.870. The number of piperazine rings is 1. The fraction of sp³-hybridized carbons (Fsp3) is 0.769. The molecule has 2 unspecified atom stereocenters. The van der Waals surface area contributed by atoms with E-state index in [1.54, 1.807) is 0 Å². The Bertz CT molecular complexity index is 284. The van der Waals surface area contributed by atoms with Crippen LogP contribution >= 0.6 is 0 Å². The lowest BCUT2D eigenvalue weighted by Crippen LogP contribution is -2.53. The zero-order valence-corrected chi connectivity index (χ0v) is 10.7. The summed E-state index contributed by atoms with van der Waals surface area (Å²) in [4.78, 5) is 16.6. The monoisotopic (exact) mass is 237 g/mol. The summed E-state index contributed by atoms with van der Waals surface area (Å²) in [6, 6.07) is 0.0564. The van der Waals surface area contributed by atoms with E-state index in [1.807, 2.05) is 11.0 Å². The van der Waals surface area contributed by atoms with Gasteiger partial charge in [-0.2, -0.15) is 0 Å². The highest BCUT2D eigenvalue weighted by Crippen LogP contribution is 2.17. The van der Waals surface area contributed by atoms with E-state index in [2.05, 4.69) is 23.7 Å². The Labute approximate surface area is 104 Å². The van der Waals surface area contributed by atoms with Crippen LogP contribution in [0.15, 0.2) is 12.7 Å². The molecule has 4 nitrogen and oxygen atoms in total. The molecule has 2 heterocycles. The average Bonchev–Trinajstić information content (AvgIpc) is 2.76. The third kappa shape index (κ3) is 2.87. The van der Waals surface area contributed by atoms with E-state index < -0.39 is 0 Å². The van der Waals surface area contributed by atoms with E-state index in [0.29, 0.717) is 11.8 Å². The lowest BCUT2D eigenvalue weighted by Gasteiger charge is -2.36. The van der Waals surface area contributed by atoms with Gasteiger partial charge < -0.3 is 10.2 Å². The smallest absolute Gasteiger partial charge is 0.240 e. The van der Waals surface area contributed by atoms with Gasteiger partial charge in [0.05, 0.1) is 6.04 Å². The van der Waals surface area contributed by atoms with E-state index >= 15 is 0 Å². The number of hydrogen-bond acceptors (Lipinski definition) is 3. The maximum absolute atomic E-state index is 12.3. The predicted octanol–water partition coefficient (Wildman–Crippen LogP) is 0.315. The second kappa shape index (κ2) is 5.65. The first-order chi connectivity index (χ1) is 8.22. The first-order valence-corrected chi connectivity index (χ1v) is 6.58. The van der Waals surface area contributed by atoms with Crippen molar-refractivity contribution in [1.29, 1.82) is 0 Å². The van der Waals surface area contributed by atoms with Crippen LogP contribution in [0.2, 0.25) is 0 Å². The molecule has 1 N–H and O–H groups in total. The maximum Gasteiger partial charge on any atom is 0.240 e. The van der Waals surface area contributed by atoms with Crippen molar-refractivity contribution in [3.8, 4) is 0 Å². The summed E-state index contributed by atoms with van der Waals surface area (Å²) in [5.74, 6) is 0.780. The van der Waals surface area contributed by atoms with Crippen molar-refractivity contribution in [2.75, 3.05) is 39.3 Å². The first-order valence-electron chi connectivity index (χ1n) is 6.58. The summed E-state index contributed by atoms with van der Waals surface area (Å²) in [5.41, 5.74) is 0. The number of hydrogen-bond donors (Lipinski definition) is 1. The summed E-state index contributed by atoms with van der Waals surface area (Å²) in [6.07, 6.45) is 3.05. The van der Waals surface area contributed by atoms with Gasteiger partial charge in [0.25, 0.3) is 0 Å². The van der Waals surface area contributed by atoms with Gasteiger partial charge in [0.2, 0.25) is 5.91 Å². The Balaban J connectivity index is 1.83. The number of carbonyl (C=O) groups is 1. The third-order valence-corrected chi connectivity index (χ3v) is 3.87. The van der Waals surface area contributed by atoms with Crippen LogP contribution < -0.4 is 5.32 Å². The Morgan fingerprint density at radius 1 is 1.41 bits per heavy atom. The van der Waals surface area contributed by atoms with Crippen molar-refractivity contribution in [3.63, 3.8) is 0 Å². The molecule has 2 aliphatic rings. The van der Waals surface area contributed by atoms with Crippen molar-refractivity contribution in [3.05, 3.63) is 12.7 Å². The molecule has 2 atom stereocenters. The Morgan fingerprint density at radius 2 is 2.12 bits per heavy atom. The van der Waals surface area contributed by atoms with Gasteiger partial charge in [-0.15, -0.1) is 6.58 Å². The molecule has 0 aromatic heterocycles. The fourth-order valence-electron chi connectivity index (χ4n) is 2.70. The van der Waals surface area contributed by atoms with Gasteiger partial charge in [-0.3, -0.25) is 9.69 Å². The van der Waals surface area contributed by atoms with Crippen LogP contribution in [0.1, 0.15) is 13.3 Å². The molecule has 0 aliphatic carbocycles. The van der Waals surface area contributed by atoms with Gasteiger partial charge in [0.15, 0.2) is 0 Å². The molecule has 17 heavy (non-hydrogen) atoms. The third-order valence-electron chi connectivity index (χ3n) is 3.87. The van der Waals surface area contributed by atoms with Crippen molar-refractivity contribution in [2.45, 2.75) is 19.4 Å². The molecule has 1 amide bonds. The van der Waals surface area contributed by atoms with Crippen LogP contribution in [0.25, 0.3) is 0 Å². The van der Waals surface area contributed by atoms with Crippen molar-refractivity contribution >= 4 is 5.91 Å². The van der Waals surface area contributed by atoms with Crippen LogP contribution in [-0.4, -0.2) is 61.0 Å². The molecule has 2 saturated heterocycles. The number of rotatable bonds is 3. The largest absolute Gasteiger partial charge is 0.339 e. The van der Waals surface area contributed by atoms with Crippen LogP contribution in [0.3, 0.4) is 0 Å². The second-order valence-corrected chi connectivity index (χ2v) is 5.11. The minimum Gasteiger partial charge on any atom is -0.339 e. The molecule has 0 aromatic rings. The van der Waals surface area contributed by atoms with Gasteiger partial charge in [-0.1, -0.05) is 13.0 Å². The lowest BCUT2D eigenvalue weighted by atomic mass is 10.0. The van der Waals surface area contributed by atoms with Gasteiger partial charge in [-0.05, 0) is 18.9 Å². The minimum atomic E-state index is 0.0564. The normalized spacial score (nSPS) is 30.5. The molecule has 2 aliphatic heterocycles. The fourth-order valence-corrected chi connectivity index (χ4v) is 2.70. The Morgan fingerprint density at radius 3 is 2.65 bits per heavy atom. The SMILES string of the molecule is C=CCN1CCN(C(=O)C2NCCC2C)CC1. The molecular weight excluding hydrogens is 214 g/mol. The molecule has 96 valence electrons. The van der Waals surface area contributed by atoms with Crippen LogP contribution in [0.4, 0.5) is 0 Å². The summed E-state index contributed by atoms with van der Waals surface area (Å²) in [7, 11) is 0. The lowest BCUT2D eigenvalue weighted by molar-refractivity contribution is -0.135. The zero-order valence-electron chi connectivity index (χ0n) is 10.7. The average molecular weight is 237 g/mol. The topological polar surface area (TPSA) is 35.6 Å². The summed E-state index contributed by atoms with van der Waals surface area (Å²) in [6.45, 7) is 11.5. The van der Waals surface area contributed by atoms with Gasteiger partial charge >= 0.3 is 0 Å². The molecule has 0 spiro atoms. The van der Waals surface area contributed by atoms with E-state index in [4.69, 9.17) is 0 Å². The predicted molar refractivity (Wildman–Crippen MR) is 68.8 cm³/mol. The van der Waals surface area contributed by atoms with Crippen LogP contribution in [0, 0.1) is 5.92 Å². The van der Waals surface area contributed by atoms with Gasteiger partial charge in [0.1, 0.15) is 0 Å². The molecule has 0 radical (unpaired) electrons. The van der Waals surface area contributed by atoms with E-state index in [1.165, 1.54) is 0 Å². The van der Waals surface area contributed by atoms with Crippen molar-refractivity contribution in [2.24, 2.45) is 5.92 Å². The number of nitrogens with one attached hydrogen (secondary N) is 1. The first kappa shape index (κ1) is 12.6. The van der Waals surface area contributed by atoms with E-state index in [9.17, 15) is 4.79 Å². The highest BCUT2D eigenvalue weighted by Gasteiger charge is 2.33. The van der Waals surface area contributed by atoms with Crippen LogP contribution in [0.5, 0.6) is 0 Å². The molecular formula is C13H23N3O. The van der Waals surface area contributed by atoms with Crippen molar-refractivity contribution in [1.82, 2.24) is 15.1 Å². The Kier molecular flexibility index (Phi) is 4.18. The van der Waals surface area contributed by atoms with Gasteiger partial charge in [-0.25, -0.2) is 0 Å². The molecule has 2 rings (SSSR count). The van der Waals surface area contributed by atoms with E-state index in [-0.39, 0.29) is 6.04 Å². The van der Waals surface area contributed by atoms with E-state index in [0.717, 1.165) is 45.7 Å². The summed E-state index contributed by atoms with van der Waals surface area (Å²) in [5, 5.41) is 3.32. The summed E-state index contributed by atoms with van der Waals surface area (Å²) < 4.78 is 0. The van der Waals surface area contributed by atoms with Crippen molar-refractivity contribution < 1.29 is 4.79 Å². The highest BCUT2D eigenvalue weighted by molar-refractivity contribution is 5.82. The maximum atomic E-state index is 12.3. The van der Waals surface area contributed by atoms with Gasteiger partial charge in [0, 0.05) is 32.7 Å². The molecule has 0 bridgehead atoms. The quantitative estimate of drug-likeness (QED) is 0.718. The minimum absolute atomic E-state index is 0.0564. The molecule has 0 aromatic carbocycles. The number of carbonyl (C=O) groups excluding carboxylic acids is 1. The number of nitrogens with zero attached hydrogens (tertiary/aromatic N) is 2. The number of amides is 1.